The van der Waals surface area contributed by atoms with E-state index in [1.807, 2.05) is 54.6 Å². The molecule has 0 radical (unpaired) electrons. The van der Waals surface area contributed by atoms with Crippen LogP contribution in [-0.2, 0) is 6.54 Å². The zero-order valence-corrected chi connectivity index (χ0v) is 14.3. The van der Waals surface area contributed by atoms with Gasteiger partial charge in [-0.05, 0) is 12.5 Å². The molecule has 0 saturated carbocycles. The summed E-state index contributed by atoms with van der Waals surface area (Å²) in [5, 5.41) is 20.5. The van der Waals surface area contributed by atoms with Crippen LogP contribution < -0.4 is 0 Å². The van der Waals surface area contributed by atoms with E-state index >= 15 is 0 Å². The van der Waals surface area contributed by atoms with Crippen molar-refractivity contribution in [2.75, 3.05) is 13.1 Å². The number of rotatable bonds is 4. The third-order valence-corrected chi connectivity index (χ3v) is 4.88. The van der Waals surface area contributed by atoms with Gasteiger partial charge in [-0.1, -0.05) is 48.5 Å². The number of carboxylic acid groups (broad SMARTS) is 1. The largest absolute Gasteiger partial charge is 0.478 e. The average Bonchev–Trinajstić information content (AvgIpc) is 3.06. The Morgan fingerprint density at radius 3 is 2.54 bits per heavy atom. The molecule has 5 heteroatoms. The summed E-state index contributed by atoms with van der Waals surface area (Å²) in [7, 11) is 0. The number of hydrogen-bond donors (Lipinski definition) is 2. The lowest BCUT2D eigenvalue weighted by Crippen LogP contribution is -2.24. The highest BCUT2D eigenvalue weighted by molar-refractivity contribution is 6.05. The number of pyridine rings is 1. The molecule has 1 aromatic heterocycles. The first kappa shape index (κ1) is 16.7. The predicted molar refractivity (Wildman–Crippen MR) is 100 cm³/mol. The minimum Gasteiger partial charge on any atom is -0.478 e. The van der Waals surface area contributed by atoms with Crippen LogP contribution in [0.2, 0.25) is 0 Å². The normalized spacial score (nSPS) is 17.7. The summed E-state index contributed by atoms with van der Waals surface area (Å²) in [6.07, 6.45) is 0.362. The van der Waals surface area contributed by atoms with Crippen LogP contribution in [0.4, 0.5) is 0 Å². The van der Waals surface area contributed by atoms with Crippen molar-refractivity contribution in [1.82, 2.24) is 9.88 Å². The van der Waals surface area contributed by atoms with Crippen LogP contribution in [0, 0.1) is 0 Å². The number of hydrogen-bond acceptors (Lipinski definition) is 4. The zero-order valence-electron chi connectivity index (χ0n) is 14.3. The van der Waals surface area contributed by atoms with Gasteiger partial charge in [-0.25, -0.2) is 9.78 Å². The fourth-order valence-corrected chi connectivity index (χ4v) is 3.66. The Labute approximate surface area is 151 Å². The molecule has 2 aromatic carbocycles. The Hall–Kier alpha value is -2.76. The number of likely N-dealkylation sites (tertiary alicyclic amines) is 1. The number of aromatic carboxylic acids is 1. The third kappa shape index (κ3) is 3.07. The maximum atomic E-state index is 12.2. The summed E-state index contributed by atoms with van der Waals surface area (Å²) in [5.74, 6) is -0.949. The van der Waals surface area contributed by atoms with Crippen LogP contribution in [0.3, 0.4) is 0 Å². The molecule has 0 bridgehead atoms. The SMILES string of the molecule is O=C(O)c1c(CN2CC[C@H](O)C2)c(-c2ccccc2)nc2ccccc12. The molecule has 132 valence electrons. The molecular formula is C21H20N2O3. The van der Waals surface area contributed by atoms with Gasteiger partial charge < -0.3 is 10.2 Å². The summed E-state index contributed by atoms with van der Waals surface area (Å²) < 4.78 is 0. The second kappa shape index (κ2) is 6.86. The minimum absolute atomic E-state index is 0.302. The number of benzene rings is 2. The van der Waals surface area contributed by atoms with E-state index in [1.165, 1.54) is 0 Å². The number of aliphatic hydroxyl groups is 1. The van der Waals surface area contributed by atoms with Crippen molar-refractivity contribution in [3.8, 4) is 11.3 Å². The maximum absolute atomic E-state index is 12.2. The summed E-state index contributed by atoms with van der Waals surface area (Å²) in [6, 6.07) is 17.0. The van der Waals surface area contributed by atoms with E-state index in [1.54, 1.807) is 0 Å². The Morgan fingerprint density at radius 1 is 1.12 bits per heavy atom. The van der Waals surface area contributed by atoms with Gasteiger partial charge in [-0.3, -0.25) is 4.90 Å². The van der Waals surface area contributed by atoms with Gasteiger partial charge in [0.2, 0.25) is 0 Å². The second-order valence-electron chi connectivity index (χ2n) is 6.68. The quantitative estimate of drug-likeness (QED) is 0.758. The number of nitrogens with zero attached hydrogens (tertiary/aromatic N) is 2. The number of aliphatic hydroxyl groups excluding tert-OH is 1. The van der Waals surface area contributed by atoms with Crippen LogP contribution in [-0.4, -0.2) is 45.3 Å². The predicted octanol–water partition coefficient (Wildman–Crippen LogP) is 3.17. The van der Waals surface area contributed by atoms with Gasteiger partial charge in [0.25, 0.3) is 0 Å². The van der Waals surface area contributed by atoms with Gasteiger partial charge in [-0.15, -0.1) is 0 Å². The molecule has 2 heterocycles. The lowest BCUT2D eigenvalue weighted by atomic mass is 9.96. The molecule has 26 heavy (non-hydrogen) atoms. The van der Waals surface area contributed by atoms with Crippen molar-refractivity contribution in [3.05, 3.63) is 65.7 Å². The lowest BCUT2D eigenvalue weighted by Gasteiger charge is -2.20. The first-order valence-corrected chi connectivity index (χ1v) is 8.74. The van der Waals surface area contributed by atoms with Crippen LogP contribution in [0.1, 0.15) is 22.3 Å². The summed E-state index contributed by atoms with van der Waals surface area (Å²) in [6.45, 7) is 1.77. The average molecular weight is 348 g/mol. The van der Waals surface area contributed by atoms with E-state index < -0.39 is 5.97 Å². The first-order valence-electron chi connectivity index (χ1n) is 8.74. The van der Waals surface area contributed by atoms with Gasteiger partial charge in [0.05, 0.1) is 22.9 Å². The topological polar surface area (TPSA) is 73.7 Å². The number of carboxylic acids is 1. The zero-order chi connectivity index (χ0) is 18.1. The van der Waals surface area contributed by atoms with E-state index in [4.69, 9.17) is 4.98 Å². The van der Waals surface area contributed by atoms with E-state index in [0.717, 1.165) is 12.1 Å². The Bertz CT molecular complexity index is 956. The van der Waals surface area contributed by atoms with Crippen molar-refractivity contribution < 1.29 is 15.0 Å². The Kier molecular flexibility index (Phi) is 4.41. The molecule has 1 aliphatic heterocycles. The fraction of sp³-hybridized carbons (Fsp3) is 0.238. The summed E-state index contributed by atoms with van der Waals surface area (Å²) in [5.41, 5.74) is 3.28. The lowest BCUT2D eigenvalue weighted by molar-refractivity contribution is 0.0697. The Morgan fingerprint density at radius 2 is 1.85 bits per heavy atom. The molecule has 1 atom stereocenters. The molecule has 0 aliphatic carbocycles. The molecule has 0 spiro atoms. The van der Waals surface area contributed by atoms with Crippen LogP contribution in [0.5, 0.6) is 0 Å². The molecule has 3 aromatic rings. The van der Waals surface area contributed by atoms with Crippen LogP contribution in [0.25, 0.3) is 22.2 Å². The molecule has 1 saturated heterocycles. The van der Waals surface area contributed by atoms with E-state index in [-0.39, 0.29) is 6.10 Å². The second-order valence-corrected chi connectivity index (χ2v) is 6.68. The number of para-hydroxylation sites is 1. The molecule has 1 aliphatic rings. The van der Waals surface area contributed by atoms with E-state index in [9.17, 15) is 15.0 Å². The number of β-amino-alcohol motifs (C(OH)–C–C–N with tert-alkyl or cyclic N) is 1. The molecule has 0 amide bonds. The third-order valence-electron chi connectivity index (χ3n) is 4.88. The van der Waals surface area contributed by atoms with Crippen LogP contribution >= 0.6 is 0 Å². The highest BCUT2D eigenvalue weighted by Gasteiger charge is 2.26. The van der Waals surface area contributed by atoms with E-state index in [2.05, 4.69) is 4.90 Å². The van der Waals surface area contributed by atoms with E-state index in [0.29, 0.717) is 47.2 Å². The number of carbonyl (C=O) groups is 1. The van der Waals surface area contributed by atoms with Gasteiger partial charge in [0.1, 0.15) is 0 Å². The highest BCUT2D eigenvalue weighted by atomic mass is 16.4. The van der Waals surface area contributed by atoms with Crippen molar-refractivity contribution in [3.63, 3.8) is 0 Å². The van der Waals surface area contributed by atoms with Gasteiger partial charge >= 0.3 is 5.97 Å². The summed E-state index contributed by atoms with van der Waals surface area (Å²) in [4.78, 5) is 19.1. The Balaban J connectivity index is 1.95. The number of aromatic nitrogens is 1. The first-order chi connectivity index (χ1) is 12.6. The minimum atomic E-state index is -0.949. The van der Waals surface area contributed by atoms with Crippen molar-refractivity contribution in [2.45, 2.75) is 19.1 Å². The van der Waals surface area contributed by atoms with Crippen molar-refractivity contribution >= 4 is 16.9 Å². The van der Waals surface area contributed by atoms with Gasteiger partial charge in [-0.2, -0.15) is 0 Å². The van der Waals surface area contributed by atoms with Gasteiger partial charge in [0, 0.05) is 36.1 Å². The molecule has 5 nitrogen and oxygen atoms in total. The number of fused-ring (bicyclic) bond motifs is 1. The molecular weight excluding hydrogens is 328 g/mol. The van der Waals surface area contributed by atoms with Crippen molar-refractivity contribution in [1.29, 1.82) is 0 Å². The van der Waals surface area contributed by atoms with Gasteiger partial charge in [0.15, 0.2) is 0 Å². The fourth-order valence-electron chi connectivity index (χ4n) is 3.66. The maximum Gasteiger partial charge on any atom is 0.336 e. The monoisotopic (exact) mass is 348 g/mol. The smallest absolute Gasteiger partial charge is 0.336 e. The summed E-state index contributed by atoms with van der Waals surface area (Å²) >= 11 is 0. The molecule has 4 rings (SSSR count). The molecule has 1 fully saturated rings. The van der Waals surface area contributed by atoms with Crippen molar-refractivity contribution in [2.24, 2.45) is 0 Å². The standard InChI is InChI=1S/C21H20N2O3/c24-15-10-11-23(12-15)13-17-19(21(25)26)16-8-4-5-9-18(16)22-20(17)14-6-2-1-3-7-14/h1-9,15,24H,10-13H2,(H,25,26)/t15-/m0/s1. The molecule has 2 N–H and O–H groups in total. The highest BCUT2D eigenvalue weighted by Crippen LogP contribution is 2.32. The van der Waals surface area contributed by atoms with Crippen LogP contribution in [0.15, 0.2) is 54.6 Å². The molecule has 0 unspecified atom stereocenters.